The Morgan fingerprint density at radius 1 is 1.26 bits per heavy atom. The van der Waals surface area contributed by atoms with Gasteiger partial charge in [-0.3, -0.25) is 9.59 Å². The fourth-order valence-electron chi connectivity index (χ4n) is 1.32. The maximum absolute atomic E-state index is 11.4. The second-order valence-corrected chi connectivity index (χ2v) is 4.16. The average molecular weight is 281 g/mol. The maximum Gasteiger partial charge on any atom is 0.257 e. The Morgan fingerprint density at radius 3 is 2.58 bits per heavy atom. The van der Waals surface area contributed by atoms with E-state index < -0.39 is 5.91 Å². The quantitative estimate of drug-likeness (QED) is 0.594. The van der Waals surface area contributed by atoms with Gasteiger partial charge in [0.25, 0.3) is 5.91 Å². The summed E-state index contributed by atoms with van der Waals surface area (Å²) in [6, 6.07) is 6.91. The predicted molar refractivity (Wildman–Crippen MR) is 74.6 cm³/mol. The van der Waals surface area contributed by atoms with Crippen molar-refractivity contribution in [2.24, 2.45) is 11.5 Å². The highest BCUT2D eigenvalue weighted by Gasteiger charge is 2.08. The normalized spacial score (nSPS) is 9.68. The van der Waals surface area contributed by atoms with E-state index in [1.165, 1.54) is 0 Å². The average Bonchev–Trinajstić information content (AvgIpc) is 2.36. The summed E-state index contributed by atoms with van der Waals surface area (Å²) in [7, 11) is 0. The first-order valence-electron chi connectivity index (χ1n) is 5.57. The van der Waals surface area contributed by atoms with E-state index in [0.717, 1.165) is 0 Å². The van der Waals surface area contributed by atoms with Crippen LogP contribution < -0.4 is 21.5 Å². The van der Waals surface area contributed by atoms with Crippen LogP contribution in [0.1, 0.15) is 12.0 Å². The zero-order chi connectivity index (χ0) is 14.3. The predicted octanol–water partition coefficient (Wildman–Crippen LogP) is -0.309. The minimum Gasteiger partial charge on any atom is -0.483 e. The van der Waals surface area contributed by atoms with Crippen LogP contribution >= 0.6 is 12.2 Å². The van der Waals surface area contributed by atoms with Crippen molar-refractivity contribution in [2.45, 2.75) is 6.42 Å². The zero-order valence-electron chi connectivity index (χ0n) is 10.2. The number of thiocarbonyl (C=S) groups is 1. The van der Waals surface area contributed by atoms with Crippen LogP contribution in [0.4, 0.5) is 0 Å². The van der Waals surface area contributed by atoms with Gasteiger partial charge in [-0.15, -0.1) is 0 Å². The fraction of sp³-hybridized carbons (Fsp3) is 0.250. The molecule has 0 spiro atoms. The molecule has 5 N–H and O–H groups in total. The molecule has 0 fully saturated rings. The second-order valence-electron chi connectivity index (χ2n) is 3.72. The molecule has 0 bridgehead atoms. The minimum atomic E-state index is -0.472. The van der Waals surface area contributed by atoms with Gasteiger partial charge in [0.15, 0.2) is 6.61 Å². The SMILES string of the molecule is NC(=O)CCNC(=O)COc1ccccc1C(N)=S. The van der Waals surface area contributed by atoms with Crippen LogP contribution in [0.2, 0.25) is 0 Å². The van der Waals surface area contributed by atoms with Gasteiger partial charge in [0.2, 0.25) is 5.91 Å². The number of carbonyl (C=O) groups is 2. The van der Waals surface area contributed by atoms with E-state index in [4.69, 9.17) is 28.4 Å². The highest BCUT2D eigenvalue weighted by atomic mass is 32.1. The molecule has 0 aliphatic carbocycles. The number of para-hydroxylation sites is 1. The number of hydrogen-bond donors (Lipinski definition) is 3. The molecule has 0 saturated heterocycles. The van der Waals surface area contributed by atoms with Gasteiger partial charge in [-0.1, -0.05) is 24.4 Å². The van der Waals surface area contributed by atoms with Crippen molar-refractivity contribution < 1.29 is 14.3 Å². The lowest BCUT2D eigenvalue weighted by molar-refractivity contribution is -0.123. The molecule has 1 aromatic rings. The summed E-state index contributed by atoms with van der Waals surface area (Å²) in [6.45, 7) is 0.00681. The molecule has 1 rings (SSSR count). The van der Waals surface area contributed by atoms with Gasteiger partial charge in [-0.25, -0.2) is 0 Å². The topological polar surface area (TPSA) is 107 Å². The van der Waals surface area contributed by atoms with E-state index in [1.807, 2.05) is 0 Å². The number of amides is 2. The molecule has 0 aliphatic rings. The highest BCUT2D eigenvalue weighted by Crippen LogP contribution is 2.17. The Morgan fingerprint density at radius 2 is 1.95 bits per heavy atom. The number of nitrogens with one attached hydrogen (secondary N) is 1. The number of rotatable bonds is 7. The number of carbonyl (C=O) groups excluding carboxylic acids is 2. The third-order valence-corrected chi connectivity index (χ3v) is 2.42. The van der Waals surface area contributed by atoms with Crippen LogP contribution in [0.5, 0.6) is 5.75 Å². The van der Waals surface area contributed by atoms with E-state index >= 15 is 0 Å². The van der Waals surface area contributed by atoms with Gasteiger partial charge in [0, 0.05) is 13.0 Å². The van der Waals surface area contributed by atoms with Gasteiger partial charge < -0.3 is 21.5 Å². The Labute approximate surface area is 116 Å². The first-order valence-corrected chi connectivity index (χ1v) is 5.98. The lowest BCUT2D eigenvalue weighted by Gasteiger charge is -2.10. The minimum absolute atomic E-state index is 0.0925. The van der Waals surface area contributed by atoms with Crippen molar-refractivity contribution >= 4 is 29.0 Å². The van der Waals surface area contributed by atoms with Crippen LogP contribution in [-0.4, -0.2) is 30.0 Å². The lowest BCUT2D eigenvalue weighted by atomic mass is 10.2. The van der Waals surface area contributed by atoms with Crippen molar-refractivity contribution in [3.63, 3.8) is 0 Å². The molecule has 6 nitrogen and oxygen atoms in total. The van der Waals surface area contributed by atoms with Crippen LogP contribution in [-0.2, 0) is 9.59 Å². The van der Waals surface area contributed by atoms with Crippen molar-refractivity contribution in [2.75, 3.05) is 13.2 Å². The van der Waals surface area contributed by atoms with Gasteiger partial charge in [0.1, 0.15) is 10.7 Å². The fourth-order valence-corrected chi connectivity index (χ4v) is 1.48. The molecule has 7 heteroatoms. The number of nitrogens with two attached hydrogens (primary N) is 2. The van der Waals surface area contributed by atoms with Gasteiger partial charge >= 0.3 is 0 Å². The Kier molecular flexibility index (Phi) is 5.74. The third kappa shape index (κ3) is 5.35. The van der Waals surface area contributed by atoms with E-state index in [9.17, 15) is 9.59 Å². The Bertz CT molecular complexity index is 491. The monoisotopic (exact) mass is 281 g/mol. The molecule has 0 atom stereocenters. The summed E-state index contributed by atoms with van der Waals surface area (Å²) in [5.74, 6) is -0.376. The summed E-state index contributed by atoms with van der Waals surface area (Å²) in [6.07, 6.45) is 0.0925. The molecule has 0 aromatic heterocycles. The smallest absolute Gasteiger partial charge is 0.257 e. The van der Waals surface area contributed by atoms with Crippen LogP contribution in [0.25, 0.3) is 0 Å². The van der Waals surface area contributed by atoms with Crippen molar-refractivity contribution in [1.82, 2.24) is 5.32 Å². The van der Waals surface area contributed by atoms with Crippen LogP contribution in [0.3, 0.4) is 0 Å². The molecule has 102 valence electrons. The van der Waals surface area contributed by atoms with E-state index in [0.29, 0.717) is 11.3 Å². The zero-order valence-corrected chi connectivity index (χ0v) is 11.0. The molecule has 0 saturated carbocycles. The second kappa shape index (κ2) is 7.32. The van der Waals surface area contributed by atoms with Gasteiger partial charge in [0.05, 0.1) is 5.56 Å². The van der Waals surface area contributed by atoms with E-state index in [-0.39, 0.29) is 30.5 Å². The third-order valence-electron chi connectivity index (χ3n) is 2.20. The molecule has 0 unspecified atom stereocenters. The summed E-state index contributed by atoms with van der Waals surface area (Å²) in [5, 5.41) is 2.50. The largest absolute Gasteiger partial charge is 0.483 e. The van der Waals surface area contributed by atoms with Crippen molar-refractivity contribution in [3.8, 4) is 5.75 Å². The van der Waals surface area contributed by atoms with Gasteiger partial charge in [-0.05, 0) is 12.1 Å². The molecule has 1 aromatic carbocycles. The van der Waals surface area contributed by atoms with E-state index in [1.54, 1.807) is 24.3 Å². The number of ether oxygens (including phenoxy) is 1. The molecule has 2 amide bonds. The summed E-state index contributed by atoms with van der Waals surface area (Å²) >= 11 is 4.87. The Hall–Kier alpha value is -2.15. The summed E-state index contributed by atoms with van der Waals surface area (Å²) < 4.78 is 5.32. The summed E-state index contributed by atoms with van der Waals surface area (Å²) in [5.41, 5.74) is 11.1. The summed E-state index contributed by atoms with van der Waals surface area (Å²) in [4.78, 5) is 22.1. The standard InChI is InChI=1S/C12H15N3O3S/c13-10(16)5-6-15-11(17)7-18-9-4-2-1-3-8(9)12(14)19/h1-4H,5-7H2,(H2,13,16)(H2,14,19)(H,15,17). The van der Waals surface area contributed by atoms with Crippen LogP contribution in [0.15, 0.2) is 24.3 Å². The van der Waals surface area contributed by atoms with Crippen LogP contribution in [0, 0.1) is 0 Å². The van der Waals surface area contributed by atoms with Crippen molar-refractivity contribution in [3.05, 3.63) is 29.8 Å². The molecular formula is C12H15N3O3S. The van der Waals surface area contributed by atoms with Gasteiger partial charge in [-0.2, -0.15) is 0 Å². The first-order chi connectivity index (χ1) is 9.00. The molecule has 0 radical (unpaired) electrons. The Balaban J connectivity index is 2.46. The number of hydrogen-bond acceptors (Lipinski definition) is 4. The molecule has 0 aliphatic heterocycles. The molecule has 19 heavy (non-hydrogen) atoms. The molecular weight excluding hydrogens is 266 g/mol. The number of benzene rings is 1. The van der Waals surface area contributed by atoms with Crippen molar-refractivity contribution in [1.29, 1.82) is 0 Å². The highest BCUT2D eigenvalue weighted by molar-refractivity contribution is 7.80. The maximum atomic E-state index is 11.4. The lowest BCUT2D eigenvalue weighted by Crippen LogP contribution is -2.32. The molecule has 0 heterocycles. The number of primary amides is 1. The first kappa shape index (κ1) is 14.9. The van der Waals surface area contributed by atoms with E-state index in [2.05, 4.69) is 5.32 Å².